The zero-order chi connectivity index (χ0) is 8.97. The second kappa shape index (κ2) is 4.58. The van der Waals surface area contributed by atoms with Gasteiger partial charge in [-0.25, -0.2) is 4.79 Å². The number of rotatable bonds is 2. The van der Waals surface area contributed by atoms with Crippen molar-refractivity contribution in [1.82, 2.24) is 0 Å². The number of nitrogens with zero attached hydrogens (tertiary/aromatic N) is 1. The van der Waals surface area contributed by atoms with Crippen molar-refractivity contribution in [3.8, 4) is 0 Å². The molecule has 2 atom stereocenters. The quantitative estimate of drug-likeness (QED) is 0.329. The van der Waals surface area contributed by atoms with Crippen molar-refractivity contribution in [3.05, 3.63) is 23.9 Å². The van der Waals surface area contributed by atoms with Crippen LogP contribution in [0.1, 0.15) is 13.3 Å². The molecule has 0 aromatic carbocycles. The van der Waals surface area contributed by atoms with Crippen LogP contribution in [0.25, 0.3) is 0 Å². The Morgan fingerprint density at radius 3 is 3.17 bits per heavy atom. The van der Waals surface area contributed by atoms with Crippen molar-refractivity contribution < 1.29 is 4.79 Å². The molecule has 0 amide bonds. The van der Waals surface area contributed by atoms with E-state index in [0.717, 1.165) is 12.1 Å². The minimum Gasteiger partial charge on any atom is -0.211 e. The maximum atomic E-state index is 9.99. The molecule has 64 valence electrons. The maximum absolute atomic E-state index is 9.99. The Morgan fingerprint density at radius 1 is 1.83 bits per heavy atom. The van der Waals surface area contributed by atoms with Crippen LogP contribution in [0.15, 0.2) is 28.9 Å². The van der Waals surface area contributed by atoms with Crippen LogP contribution in [-0.2, 0) is 4.79 Å². The van der Waals surface area contributed by atoms with E-state index in [2.05, 4.69) is 40.6 Å². The number of allylic oxidation sites excluding steroid dienone is 4. The van der Waals surface area contributed by atoms with Crippen LogP contribution >= 0.6 is 22.6 Å². The first kappa shape index (κ1) is 9.68. The molecule has 0 bridgehead atoms. The smallest absolute Gasteiger partial charge is 0.211 e. The fourth-order valence-electron chi connectivity index (χ4n) is 1.14. The minimum absolute atomic E-state index is 0.502. The molecule has 1 aliphatic carbocycles. The maximum Gasteiger partial charge on any atom is 0.240 e. The molecule has 0 aromatic heterocycles. The van der Waals surface area contributed by atoms with E-state index >= 15 is 0 Å². The van der Waals surface area contributed by atoms with Crippen LogP contribution in [0, 0.1) is 5.92 Å². The second-order valence-corrected chi connectivity index (χ2v) is 4.76. The molecule has 0 saturated carbocycles. The van der Waals surface area contributed by atoms with Crippen LogP contribution < -0.4 is 0 Å². The summed E-state index contributed by atoms with van der Waals surface area (Å²) >= 11 is 2.38. The summed E-state index contributed by atoms with van der Waals surface area (Å²) < 4.78 is 0.574. The van der Waals surface area contributed by atoms with E-state index in [1.165, 1.54) is 0 Å². The Hall–Kier alpha value is -0.410. The zero-order valence-electron chi connectivity index (χ0n) is 6.83. The van der Waals surface area contributed by atoms with Gasteiger partial charge < -0.3 is 0 Å². The van der Waals surface area contributed by atoms with Crippen molar-refractivity contribution in [2.45, 2.75) is 17.3 Å². The molecule has 3 heteroatoms. The van der Waals surface area contributed by atoms with E-state index < -0.39 is 0 Å². The molecule has 0 radical (unpaired) electrons. The summed E-state index contributed by atoms with van der Waals surface area (Å²) in [4.78, 5) is 13.6. The van der Waals surface area contributed by atoms with Gasteiger partial charge in [0.25, 0.3) is 0 Å². The van der Waals surface area contributed by atoms with Gasteiger partial charge in [0, 0.05) is 3.92 Å². The highest BCUT2D eigenvalue weighted by atomic mass is 127. The van der Waals surface area contributed by atoms with Gasteiger partial charge in [-0.2, -0.15) is 4.99 Å². The van der Waals surface area contributed by atoms with E-state index in [9.17, 15) is 4.79 Å². The number of carbonyl (C=O) groups excluding carboxylic acids is 1. The van der Waals surface area contributed by atoms with Crippen molar-refractivity contribution in [1.29, 1.82) is 0 Å². The first-order valence-electron chi connectivity index (χ1n) is 3.83. The topological polar surface area (TPSA) is 29.4 Å². The molecule has 1 rings (SSSR count). The summed E-state index contributed by atoms with van der Waals surface area (Å²) in [5.41, 5.74) is 0.834. The van der Waals surface area contributed by atoms with Gasteiger partial charge in [-0.05, 0) is 18.4 Å². The van der Waals surface area contributed by atoms with Gasteiger partial charge >= 0.3 is 0 Å². The van der Waals surface area contributed by atoms with Crippen molar-refractivity contribution >= 4 is 28.7 Å². The standard InChI is InChI=1S/C9H10INO/c1-7(10)8-3-2-4-9(5-8)11-6-12/h2-4,7-8H,5H2,1H3. The highest BCUT2D eigenvalue weighted by molar-refractivity contribution is 14.1. The third-order valence-electron chi connectivity index (χ3n) is 1.87. The molecule has 0 aliphatic heterocycles. The Labute approximate surface area is 85.6 Å². The summed E-state index contributed by atoms with van der Waals surface area (Å²) in [6.45, 7) is 2.16. The molecular formula is C9H10INO. The van der Waals surface area contributed by atoms with Gasteiger partial charge in [0.15, 0.2) is 0 Å². The lowest BCUT2D eigenvalue weighted by atomic mass is 9.96. The van der Waals surface area contributed by atoms with Gasteiger partial charge in [-0.15, -0.1) is 0 Å². The molecular weight excluding hydrogens is 265 g/mol. The third-order valence-corrected chi connectivity index (χ3v) is 2.79. The summed E-state index contributed by atoms with van der Waals surface area (Å²) in [7, 11) is 0. The summed E-state index contributed by atoms with van der Waals surface area (Å²) in [6.07, 6.45) is 8.40. The monoisotopic (exact) mass is 275 g/mol. The van der Waals surface area contributed by atoms with Crippen LogP contribution in [0.5, 0.6) is 0 Å². The average molecular weight is 275 g/mol. The SMILES string of the molecule is CC(I)C1C=CC=C(N=C=O)C1. The highest BCUT2D eigenvalue weighted by Gasteiger charge is 2.15. The number of halogens is 1. The van der Waals surface area contributed by atoms with E-state index in [-0.39, 0.29) is 0 Å². The zero-order valence-corrected chi connectivity index (χ0v) is 8.98. The fraction of sp³-hybridized carbons (Fsp3) is 0.444. The number of hydrogen-bond donors (Lipinski definition) is 0. The summed E-state index contributed by atoms with van der Waals surface area (Å²) in [5, 5.41) is 0. The van der Waals surface area contributed by atoms with Crippen molar-refractivity contribution in [3.63, 3.8) is 0 Å². The minimum atomic E-state index is 0.502. The lowest BCUT2D eigenvalue weighted by Crippen LogP contribution is -2.10. The van der Waals surface area contributed by atoms with Gasteiger partial charge in [0.2, 0.25) is 6.08 Å². The molecule has 0 heterocycles. The van der Waals surface area contributed by atoms with Crippen LogP contribution in [0.4, 0.5) is 0 Å². The Balaban J connectivity index is 2.67. The summed E-state index contributed by atoms with van der Waals surface area (Å²) in [6, 6.07) is 0. The Kier molecular flexibility index (Phi) is 3.69. The predicted octanol–water partition coefficient (Wildman–Crippen LogP) is 2.61. The predicted molar refractivity (Wildman–Crippen MR) is 56.9 cm³/mol. The molecule has 2 nitrogen and oxygen atoms in total. The lowest BCUT2D eigenvalue weighted by molar-refractivity contribution is 0.562. The molecule has 12 heavy (non-hydrogen) atoms. The largest absolute Gasteiger partial charge is 0.240 e. The van der Waals surface area contributed by atoms with Crippen LogP contribution in [0.2, 0.25) is 0 Å². The van der Waals surface area contributed by atoms with Gasteiger partial charge in [-0.3, -0.25) is 0 Å². The van der Waals surface area contributed by atoms with Gasteiger partial charge in [0.1, 0.15) is 0 Å². The Morgan fingerprint density at radius 2 is 2.58 bits per heavy atom. The molecule has 1 aliphatic rings. The highest BCUT2D eigenvalue weighted by Crippen LogP contribution is 2.26. The number of isocyanates is 1. The first-order chi connectivity index (χ1) is 5.74. The lowest BCUT2D eigenvalue weighted by Gasteiger charge is -2.17. The van der Waals surface area contributed by atoms with E-state index in [1.54, 1.807) is 6.08 Å². The summed E-state index contributed by atoms with van der Waals surface area (Å²) in [5.74, 6) is 0.502. The molecule has 0 aromatic rings. The molecule has 0 N–H and O–H groups in total. The van der Waals surface area contributed by atoms with Crippen LogP contribution in [-0.4, -0.2) is 10.0 Å². The van der Waals surface area contributed by atoms with E-state index in [4.69, 9.17) is 0 Å². The molecule has 0 spiro atoms. The third kappa shape index (κ3) is 2.57. The number of hydrogen-bond acceptors (Lipinski definition) is 2. The Bertz CT molecular complexity index is 262. The van der Waals surface area contributed by atoms with Crippen molar-refractivity contribution in [2.24, 2.45) is 10.9 Å². The number of alkyl halides is 1. The van der Waals surface area contributed by atoms with Crippen molar-refractivity contribution in [2.75, 3.05) is 0 Å². The van der Waals surface area contributed by atoms with E-state index in [0.29, 0.717) is 9.84 Å². The first-order valence-corrected chi connectivity index (χ1v) is 5.08. The normalized spacial score (nSPS) is 24.2. The van der Waals surface area contributed by atoms with Crippen LogP contribution in [0.3, 0.4) is 0 Å². The molecule has 0 fully saturated rings. The van der Waals surface area contributed by atoms with Gasteiger partial charge in [-0.1, -0.05) is 41.7 Å². The fourth-order valence-corrected chi connectivity index (χ4v) is 1.64. The molecule has 0 saturated heterocycles. The second-order valence-electron chi connectivity index (χ2n) is 2.79. The molecule has 2 unspecified atom stereocenters. The van der Waals surface area contributed by atoms with Gasteiger partial charge in [0.05, 0.1) is 5.70 Å². The average Bonchev–Trinajstić information content (AvgIpc) is 2.05. The van der Waals surface area contributed by atoms with E-state index in [1.807, 2.05) is 12.2 Å². The number of aliphatic imine (C=N–C) groups is 1.